The first-order valence-electron chi connectivity index (χ1n) is 7.55. The highest BCUT2D eigenvalue weighted by Gasteiger charge is 2.52. The fourth-order valence-corrected chi connectivity index (χ4v) is 5.37. The number of carboxylic acid groups (broad SMARTS) is 1. The van der Waals surface area contributed by atoms with Crippen LogP contribution < -0.4 is 5.73 Å². The Morgan fingerprint density at radius 2 is 1.70 bits per heavy atom. The van der Waals surface area contributed by atoms with E-state index in [1.165, 1.54) is 44.6 Å². The number of pyridine rings is 1. The summed E-state index contributed by atoms with van der Waals surface area (Å²) in [5, 5.41) is 9.23. The summed E-state index contributed by atoms with van der Waals surface area (Å²) in [4.78, 5) is 15.8. The SMILES string of the molecule is Nc1cc(C(=O)O)cc(C23CC4CC(CC(C4)C2)C3)n1. The van der Waals surface area contributed by atoms with E-state index in [1.54, 1.807) is 6.07 Å². The molecule has 1 aromatic heterocycles. The van der Waals surface area contributed by atoms with Gasteiger partial charge in [0.1, 0.15) is 5.82 Å². The summed E-state index contributed by atoms with van der Waals surface area (Å²) in [6.07, 6.45) is 7.63. The minimum absolute atomic E-state index is 0.105. The first-order chi connectivity index (χ1) is 9.54. The number of rotatable bonds is 2. The van der Waals surface area contributed by atoms with Gasteiger partial charge in [-0.05, 0) is 68.4 Å². The monoisotopic (exact) mass is 272 g/mol. The number of aromatic nitrogens is 1. The van der Waals surface area contributed by atoms with Crippen molar-refractivity contribution in [1.29, 1.82) is 0 Å². The van der Waals surface area contributed by atoms with Gasteiger partial charge in [0, 0.05) is 11.1 Å². The van der Waals surface area contributed by atoms with E-state index in [0.717, 1.165) is 23.4 Å². The highest BCUT2D eigenvalue weighted by molar-refractivity contribution is 5.88. The zero-order valence-electron chi connectivity index (χ0n) is 11.5. The van der Waals surface area contributed by atoms with E-state index in [0.29, 0.717) is 5.82 Å². The predicted molar refractivity (Wildman–Crippen MR) is 75.5 cm³/mol. The lowest BCUT2D eigenvalue weighted by Crippen LogP contribution is -2.49. The van der Waals surface area contributed by atoms with Crippen LogP contribution in [0.25, 0.3) is 0 Å². The van der Waals surface area contributed by atoms with Crippen LogP contribution in [0.4, 0.5) is 5.82 Å². The quantitative estimate of drug-likeness (QED) is 0.868. The molecular weight excluding hydrogens is 252 g/mol. The molecule has 0 amide bonds. The largest absolute Gasteiger partial charge is 0.478 e. The molecule has 0 radical (unpaired) electrons. The normalized spacial score (nSPS) is 38.1. The molecule has 0 saturated heterocycles. The van der Waals surface area contributed by atoms with Gasteiger partial charge in [-0.25, -0.2) is 9.78 Å². The van der Waals surface area contributed by atoms with Gasteiger partial charge in [-0.2, -0.15) is 0 Å². The molecule has 4 bridgehead atoms. The summed E-state index contributed by atoms with van der Waals surface area (Å²) in [5.41, 5.74) is 7.17. The molecular formula is C16H20N2O2. The van der Waals surface area contributed by atoms with Crippen molar-refractivity contribution in [2.75, 3.05) is 5.73 Å². The first-order valence-corrected chi connectivity index (χ1v) is 7.55. The number of carboxylic acids is 1. The minimum Gasteiger partial charge on any atom is -0.478 e. The Kier molecular flexibility index (Phi) is 2.41. The van der Waals surface area contributed by atoms with Gasteiger partial charge >= 0.3 is 5.97 Å². The molecule has 0 unspecified atom stereocenters. The van der Waals surface area contributed by atoms with Gasteiger partial charge < -0.3 is 10.8 Å². The smallest absolute Gasteiger partial charge is 0.335 e. The average Bonchev–Trinajstić information content (AvgIpc) is 2.36. The fourth-order valence-electron chi connectivity index (χ4n) is 5.37. The zero-order chi connectivity index (χ0) is 13.9. The molecule has 0 aromatic carbocycles. The number of nitrogens with two attached hydrogens (primary N) is 1. The third-order valence-corrected chi connectivity index (χ3v) is 5.67. The molecule has 4 nitrogen and oxygen atoms in total. The van der Waals surface area contributed by atoms with Gasteiger partial charge in [-0.15, -0.1) is 0 Å². The molecule has 3 N–H and O–H groups in total. The highest BCUT2D eigenvalue weighted by atomic mass is 16.4. The molecule has 20 heavy (non-hydrogen) atoms. The molecule has 1 aromatic rings. The summed E-state index contributed by atoms with van der Waals surface area (Å²) in [7, 11) is 0. The molecule has 0 aliphatic heterocycles. The van der Waals surface area contributed by atoms with Crippen LogP contribution in [-0.4, -0.2) is 16.1 Å². The highest BCUT2D eigenvalue weighted by Crippen LogP contribution is 2.60. The van der Waals surface area contributed by atoms with E-state index >= 15 is 0 Å². The molecule has 0 spiro atoms. The molecule has 0 atom stereocenters. The Labute approximate surface area is 118 Å². The van der Waals surface area contributed by atoms with Crippen molar-refractivity contribution in [2.24, 2.45) is 17.8 Å². The van der Waals surface area contributed by atoms with Crippen LogP contribution in [-0.2, 0) is 5.41 Å². The number of nitrogen functional groups attached to an aromatic ring is 1. The fraction of sp³-hybridized carbons (Fsp3) is 0.625. The van der Waals surface area contributed by atoms with E-state index in [4.69, 9.17) is 5.73 Å². The van der Waals surface area contributed by atoms with Gasteiger partial charge in [0.25, 0.3) is 0 Å². The van der Waals surface area contributed by atoms with Gasteiger partial charge in [-0.1, -0.05) is 0 Å². The summed E-state index contributed by atoms with van der Waals surface area (Å²) < 4.78 is 0. The van der Waals surface area contributed by atoms with Crippen molar-refractivity contribution in [2.45, 2.75) is 43.9 Å². The Morgan fingerprint density at radius 3 is 2.20 bits per heavy atom. The van der Waals surface area contributed by atoms with E-state index in [2.05, 4.69) is 4.98 Å². The van der Waals surface area contributed by atoms with Crippen molar-refractivity contribution in [3.05, 3.63) is 23.4 Å². The van der Waals surface area contributed by atoms with Crippen LogP contribution in [0.5, 0.6) is 0 Å². The predicted octanol–water partition coefficient (Wildman–Crippen LogP) is 2.83. The summed E-state index contributed by atoms with van der Waals surface area (Å²) in [6.45, 7) is 0. The molecule has 4 aliphatic rings. The van der Waals surface area contributed by atoms with Crippen LogP contribution in [0.1, 0.15) is 54.6 Å². The van der Waals surface area contributed by atoms with Crippen molar-refractivity contribution in [3.63, 3.8) is 0 Å². The number of aromatic carboxylic acids is 1. The van der Waals surface area contributed by atoms with Gasteiger partial charge in [0.2, 0.25) is 0 Å². The van der Waals surface area contributed by atoms with Gasteiger partial charge in [-0.3, -0.25) is 0 Å². The lowest BCUT2D eigenvalue weighted by molar-refractivity contribution is -0.00716. The van der Waals surface area contributed by atoms with Crippen molar-refractivity contribution >= 4 is 11.8 Å². The third-order valence-electron chi connectivity index (χ3n) is 5.67. The number of nitrogens with zero attached hydrogens (tertiary/aromatic N) is 1. The van der Waals surface area contributed by atoms with Crippen LogP contribution in [0.15, 0.2) is 12.1 Å². The van der Waals surface area contributed by atoms with Crippen LogP contribution in [0, 0.1) is 17.8 Å². The van der Waals surface area contributed by atoms with Gasteiger partial charge in [0.05, 0.1) is 5.56 Å². The maximum Gasteiger partial charge on any atom is 0.335 e. The second-order valence-electron chi connectivity index (χ2n) is 7.17. The van der Waals surface area contributed by atoms with Crippen LogP contribution in [0.2, 0.25) is 0 Å². The Bertz CT molecular complexity index is 547. The second-order valence-corrected chi connectivity index (χ2v) is 7.17. The van der Waals surface area contributed by atoms with Gasteiger partial charge in [0.15, 0.2) is 0 Å². The lowest BCUT2D eigenvalue weighted by Gasteiger charge is -2.56. The van der Waals surface area contributed by atoms with Crippen molar-refractivity contribution < 1.29 is 9.90 Å². The third kappa shape index (κ3) is 1.74. The van der Waals surface area contributed by atoms with Crippen LogP contribution in [0.3, 0.4) is 0 Å². The summed E-state index contributed by atoms with van der Waals surface area (Å²) in [6, 6.07) is 3.23. The zero-order valence-corrected chi connectivity index (χ0v) is 11.5. The first kappa shape index (κ1) is 12.2. The molecule has 106 valence electrons. The molecule has 4 saturated carbocycles. The molecule has 4 aliphatic carbocycles. The van der Waals surface area contributed by atoms with E-state index < -0.39 is 5.97 Å². The Balaban J connectivity index is 1.78. The minimum atomic E-state index is -0.912. The van der Waals surface area contributed by atoms with E-state index in [9.17, 15) is 9.90 Å². The topological polar surface area (TPSA) is 76.2 Å². The standard InChI is InChI=1S/C16H20N2O2/c17-14-5-12(15(19)20)4-13(18-14)16-6-9-1-10(7-16)3-11(2-9)8-16/h4-5,9-11H,1-3,6-8H2,(H2,17,18)(H,19,20). The van der Waals surface area contributed by atoms with Crippen molar-refractivity contribution in [3.8, 4) is 0 Å². The Hall–Kier alpha value is -1.58. The van der Waals surface area contributed by atoms with Crippen LogP contribution >= 0.6 is 0 Å². The number of hydrogen-bond acceptors (Lipinski definition) is 3. The van der Waals surface area contributed by atoms with Crippen molar-refractivity contribution in [1.82, 2.24) is 4.98 Å². The lowest BCUT2D eigenvalue weighted by atomic mass is 9.48. The second kappa shape index (κ2) is 3.96. The number of carbonyl (C=O) groups is 1. The summed E-state index contributed by atoms with van der Waals surface area (Å²) in [5.74, 6) is 1.88. The molecule has 4 fully saturated rings. The van der Waals surface area contributed by atoms with E-state index in [1.807, 2.05) is 0 Å². The molecule has 1 heterocycles. The average molecular weight is 272 g/mol. The van der Waals surface area contributed by atoms with E-state index in [-0.39, 0.29) is 11.0 Å². The molecule has 5 rings (SSSR count). The maximum absolute atomic E-state index is 11.2. The summed E-state index contributed by atoms with van der Waals surface area (Å²) >= 11 is 0. The maximum atomic E-state index is 11.2. The number of hydrogen-bond donors (Lipinski definition) is 2. The molecule has 4 heteroatoms. The Morgan fingerprint density at radius 1 is 1.15 bits per heavy atom. The number of anilines is 1.